The summed E-state index contributed by atoms with van der Waals surface area (Å²) in [4.78, 5) is 28.1. The van der Waals surface area contributed by atoms with Crippen molar-refractivity contribution in [1.29, 1.82) is 0 Å². The van der Waals surface area contributed by atoms with Crippen molar-refractivity contribution in [2.45, 2.75) is 0 Å². The largest absolute Gasteiger partial charge is 0.464 e. The highest BCUT2D eigenvalue weighted by Crippen LogP contribution is 2.38. The summed E-state index contributed by atoms with van der Waals surface area (Å²) in [6.45, 7) is 0. The Labute approximate surface area is 146 Å². The Bertz CT molecular complexity index is 1260. The lowest BCUT2D eigenvalue weighted by atomic mass is 9.95. The molecule has 0 bridgehead atoms. The maximum atomic E-state index is 13.7. The van der Waals surface area contributed by atoms with Crippen LogP contribution < -0.4 is 5.32 Å². The molecule has 4 aromatic rings. The SMILES string of the molecule is O=C1NC(=O)C(c2coc3ccccc23)=C1c1c[nH]c2ccc(F)cc12. The molecule has 1 aliphatic heterocycles. The van der Waals surface area contributed by atoms with E-state index in [1.807, 2.05) is 18.2 Å². The maximum Gasteiger partial charge on any atom is 0.259 e. The van der Waals surface area contributed by atoms with Gasteiger partial charge in [0.1, 0.15) is 11.4 Å². The number of H-pyrrole nitrogens is 1. The number of amides is 2. The van der Waals surface area contributed by atoms with Crippen molar-refractivity contribution in [2.24, 2.45) is 0 Å². The van der Waals surface area contributed by atoms with E-state index in [1.54, 1.807) is 18.3 Å². The van der Waals surface area contributed by atoms with Crippen LogP contribution in [0.15, 0.2) is 59.3 Å². The van der Waals surface area contributed by atoms with Gasteiger partial charge in [0.05, 0.1) is 17.4 Å². The lowest BCUT2D eigenvalue weighted by molar-refractivity contribution is -0.122. The second kappa shape index (κ2) is 5.16. The van der Waals surface area contributed by atoms with Gasteiger partial charge in [0.25, 0.3) is 11.8 Å². The fraction of sp³-hybridized carbons (Fsp3) is 0. The third-order valence-electron chi connectivity index (χ3n) is 4.59. The maximum absolute atomic E-state index is 13.7. The van der Waals surface area contributed by atoms with Gasteiger partial charge in [-0.05, 0) is 24.3 Å². The van der Waals surface area contributed by atoms with Crippen LogP contribution in [0, 0.1) is 5.82 Å². The van der Waals surface area contributed by atoms with Crippen LogP contribution in [-0.4, -0.2) is 16.8 Å². The molecule has 0 aliphatic carbocycles. The number of halogens is 1. The second-order valence-corrected chi connectivity index (χ2v) is 6.07. The first-order chi connectivity index (χ1) is 12.6. The van der Waals surface area contributed by atoms with E-state index in [2.05, 4.69) is 10.3 Å². The molecule has 0 unspecified atom stereocenters. The van der Waals surface area contributed by atoms with E-state index in [-0.39, 0.29) is 11.1 Å². The number of carbonyl (C=O) groups excluding carboxylic acids is 2. The molecular weight excluding hydrogens is 335 g/mol. The van der Waals surface area contributed by atoms with Crippen molar-refractivity contribution in [3.8, 4) is 0 Å². The lowest BCUT2D eigenvalue weighted by Crippen LogP contribution is -2.22. The first-order valence-corrected chi connectivity index (χ1v) is 7.97. The number of fused-ring (bicyclic) bond motifs is 2. The molecular formula is C20H11FN2O3. The third kappa shape index (κ3) is 1.96. The first kappa shape index (κ1) is 14.7. The Morgan fingerprint density at radius 1 is 0.885 bits per heavy atom. The molecule has 3 heterocycles. The van der Waals surface area contributed by atoms with Crippen molar-refractivity contribution in [3.05, 3.63) is 71.9 Å². The minimum atomic E-state index is -0.513. The lowest BCUT2D eigenvalue weighted by Gasteiger charge is -2.02. The number of furan rings is 1. The zero-order chi connectivity index (χ0) is 17.8. The Morgan fingerprint density at radius 2 is 1.65 bits per heavy atom. The number of nitrogens with one attached hydrogen (secondary N) is 2. The van der Waals surface area contributed by atoms with Gasteiger partial charge in [-0.1, -0.05) is 18.2 Å². The molecule has 5 rings (SSSR count). The van der Waals surface area contributed by atoms with Gasteiger partial charge < -0.3 is 9.40 Å². The average Bonchev–Trinajstić information content (AvgIpc) is 3.29. The zero-order valence-corrected chi connectivity index (χ0v) is 13.3. The summed E-state index contributed by atoms with van der Waals surface area (Å²) in [5.74, 6) is -1.43. The number of hydrogen-bond acceptors (Lipinski definition) is 3. The molecule has 0 atom stereocenters. The van der Waals surface area contributed by atoms with Crippen LogP contribution in [0.25, 0.3) is 33.0 Å². The minimum Gasteiger partial charge on any atom is -0.464 e. The third-order valence-corrected chi connectivity index (χ3v) is 4.59. The van der Waals surface area contributed by atoms with Crippen LogP contribution in [0.2, 0.25) is 0 Å². The van der Waals surface area contributed by atoms with Crippen LogP contribution in [0.1, 0.15) is 11.1 Å². The van der Waals surface area contributed by atoms with E-state index in [0.29, 0.717) is 27.6 Å². The van der Waals surface area contributed by atoms with Crippen LogP contribution in [0.4, 0.5) is 4.39 Å². The molecule has 2 amide bonds. The highest BCUT2D eigenvalue weighted by molar-refractivity contribution is 6.50. The van der Waals surface area contributed by atoms with Crippen molar-refractivity contribution < 1.29 is 18.4 Å². The molecule has 0 saturated carbocycles. The molecule has 6 heteroatoms. The van der Waals surface area contributed by atoms with E-state index in [1.165, 1.54) is 18.4 Å². The summed E-state index contributed by atoms with van der Waals surface area (Å²) in [5, 5.41) is 3.61. The smallest absolute Gasteiger partial charge is 0.259 e. The molecule has 0 fully saturated rings. The molecule has 0 saturated heterocycles. The molecule has 2 aromatic carbocycles. The molecule has 1 aliphatic rings. The highest BCUT2D eigenvalue weighted by atomic mass is 19.1. The number of hydrogen-bond donors (Lipinski definition) is 2. The van der Waals surface area contributed by atoms with Crippen LogP contribution >= 0.6 is 0 Å². The zero-order valence-electron chi connectivity index (χ0n) is 13.3. The molecule has 0 spiro atoms. The number of carbonyl (C=O) groups is 2. The fourth-order valence-corrected chi connectivity index (χ4v) is 3.44. The number of imide groups is 1. The molecule has 126 valence electrons. The van der Waals surface area contributed by atoms with Crippen LogP contribution in [0.5, 0.6) is 0 Å². The summed E-state index contributed by atoms with van der Waals surface area (Å²) >= 11 is 0. The van der Waals surface area contributed by atoms with Crippen LogP contribution in [0.3, 0.4) is 0 Å². The van der Waals surface area contributed by atoms with Gasteiger partial charge in [-0.25, -0.2) is 4.39 Å². The number of aromatic nitrogens is 1. The van der Waals surface area contributed by atoms with Gasteiger partial charge >= 0.3 is 0 Å². The van der Waals surface area contributed by atoms with Crippen molar-refractivity contribution in [1.82, 2.24) is 10.3 Å². The van der Waals surface area contributed by atoms with Crippen molar-refractivity contribution >= 4 is 44.8 Å². The van der Waals surface area contributed by atoms with E-state index in [0.717, 1.165) is 5.39 Å². The van der Waals surface area contributed by atoms with E-state index in [9.17, 15) is 14.0 Å². The van der Waals surface area contributed by atoms with Gasteiger partial charge in [0.15, 0.2) is 0 Å². The van der Waals surface area contributed by atoms with Gasteiger partial charge in [-0.2, -0.15) is 0 Å². The number of para-hydroxylation sites is 1. The van der Waals surface area contributed by atoms with Gasteiger partial charge in [0, 0.05) is 33.6 Å². The minimum absolute atomic E-state index is 0.207. The Balaban J connectivity index is 1.85. The number of benzene rings is 2. The standard InChI is InChI=1S/C20H11FN2O3/c21-10-5-6-15-12(7-10)13(8-22-15)17-18(20(25)23-19(17)24)14-9-26-16-4-2-1-3-11(14)16/h1-9,22H,(H,23,24,25). The van der Waals surface area contributed by atoms with Crippen molar-refractivity contribution in [2.75, 3.05) is 0 Å². The normalized spacial score (nSPS) is 14.7. The van der Waals surface area contributed by atoms with Gasteiger partial charge in [-0.3, -0.25) is 14.9 Å². The second-order valence-electron chi connectivity index (χ2n) is 6.07. The highest BCUT2D eigenvalue weighted by Gasteiger charge is 2.35. The molecule has 0 radical (unpaired) electrons. The Kier molecular flexibility index (Phi) is 2.91. The quantitative estimate of drug-likeness (QED) is 0.544. The summed E-state index contributed by atoms with van der Waals surface area (Å²) in [5.41, 5.74) is 2.74. The molecule has 2 aromatic heterocycles. The van der Waals surface area contributed by atoms with Crippen molar-refractivity contribution in [3.63, 3.8) is 0 Å². The summed E-state index contributed by atoms with van der Waals surface area (Å²) in [6.07, 6.45) is 3.08. The number of rotatable bonds is 2. The molecule has 5 nitrogen and oxygen atoms in total. The van der Waals surface area contributed by atoms with Crippen LogP contribution in [-0.2, 0) is 9.59 Å². The topological polar surface area (TPSA) is 75.1 Å². The summed E-state index contributed by atoms with van der Waals surface area (Å²) in [7, 11) is 0. The summed E-state index contributed by atoms with van der Waals surface area (Å²) < 4.78 is 19.2. The number of aromatic amines is 1. The first-order valence-electron chi connectivity index (χ1n) is 7.97. The molecule has 2 N–H and O–H groups in total. The van der Waals surface area contributed by atoms with Gasteiger partial charge in [-0.15, -0.1) is 0 Å². The Morgan fingerprint density at radius 3 is 2.50 bits per heavy atom. The van der Waals surface area contributed by atoms with E-state index in [4.69, 9.17) is 4.42 Å². The van der Waals surface area contributed by atoms with Gasteiger partial charge in [0.2, 0.25) is 0 Å². The predicted octanol–water partition coefficient (Wildman–Crippen LogP) is 3.62. The Hall–Kier alpha value is -3.67. The monoisotopic (exact) mass is 346 g/mol. The van der Waals surface area contributed by atoms with E-state index < -0.39 is 17.6 Å². The van der Waals surface area contributed by atoms with E-state index >= 15 is 0 Å². The summed E-state index contributed by atoms with van der Waals surface area (Å²) in [6, 6.07) is 11.5. The molecule has 26 heavy (non-hydrogen) atoms. The average molecular weight is 346 g/mol. The fourth-order valence-electron chi connectivity index (χ4n) is 3.44. The predicted molar refractivity (Wildman–Crippen MR) is 94.4 cm³/mol.